The van der Waals surface area contributed by atoms with E-state index in [9.17, 15) is 9.59 Å². The fourth-order valence-corrected chi connectivity index (χ4v) is 4.44. The lowest BCUT2D eigenvalue weighted by Crippen LogP contribution is -2.31. The van der Waals surface area contributed by atoms with Gasteiger partial charge < -0.3 is 5.32 Å². The Bertz CT molecular complexity index is 1300. The Morgan fingerprint density at radius 2 is 1.73 bits per heavy atom. The smallest absolute Gasteiger partial charge is 0.263 e. The molecule has 2 aromatic heterocycles. The third-order valence-electron chi connectivity index (χ3n) is 5.31. The third kappa shape index (κ3) is 3.66. The number of hydrogen-bond acceptors (Lipinski definition) is 4. The molecule has 30 heavy (non-hydrogen) atoms. The van der Waals surface area contributed by atoms with Crippen LogP contribution in [0.2, 0.25) is 0 Å². The summed E-state index contributed by atoms with van der Waals surface area (Å²) in [6.45, 7) is 7.79. The number of benzene rings is 2. The van der Waals surface area contributed by atoms with Crippen molar-refractivity contribution < 1.29 is 4.79 Å². The summed E-state index contributed by atoms with van der Waals surface area (Å²) in [5, 5.41) is 5.40. The zero-order valence-corrected chi connectivity index (χ0v) is 18.2. The minimum absolute atomic E-state index is 0.206. The zero-order valence-electron chi connectivity index (χ0n) is 17.4. The van der Waals surface area contributed by atoms with Crippen molar-refractivity contribution in [3.05, 3.63) is 81.2 Å². The lowest BCUT2D eigenvalue weighted by molar-refractivity contribution is -0.118. The van der Waals surface area contributed by atoms with Gasteiger partial charge in [-0.15, -0.1) is 11.3 Å². The van der Waals surface area contributed by atoms with Gasteiger partial charge >= 0.3 is 0 Å². The second-order valence-electron chi connectivity index (χ2n) is 7.64. The van der Waals surface area contributed by atoms with Crippen molar-refractivity contribution in [2.45, 2.75) is 33.7 Å². The summed E-state index contributed by atoms with van der Waals surface area (Å²) in [6.07, 6.45) is 1.46. The molecule has 2 aromatic carbocycles. The Labute approximate surface area is 179 Å². The zero-order chi connectivity index (χ0) is 21.4. The Hall–Kier alpha value is -3.25. The summed E-state index contributed by atoms with van der Waals surface area (Å²) in [7, 11) is 0. The van der Waals surface area contributed by atoms with Crippen molar-refractivity contribution >= 4 is 33.1 Å². The van der Waals surface area contributed by atoms with Crippen molar-refractivity contribution in [1.82, 2.24) is 9.55 Å². The summed E-state index contributed by atoms with van der Waals surface area (Å²) in [4.78, 5) is 31.3. The molecule has 1 unspecified atom stereocenters. The first-order valence-electron chi connectivity index (χ1n) is 9.78. The van der Waals surface area contributed by atoms with Gasteiger partial charge in [0.1, 0.15) is 10.9 Å². The maximum Gasteiger partial charge on any atom is 0.263 e. The summed E-state index contributed by atoms with van der Waals surface area (Å²) < 4.78 is 1.41. The van der Waals surface area contributed by atoms with E-state index in [4.69, 9.17) is 0 Å². The number of anilines is 1. The van der Waals surface area contributed by atoms with Crippen LogP contribution in [0.4, 0.5) is 5.69 Å². The molecule has 0 aliphatic heterocycles. The lowest BCUT2D eigenvalue weighted by atomic mass is 9.99. The topological polar surface area (TPSA) is 64.0 Å². The molecule has 0 fully saturated rings. The minimum atomic E-state index is -0.692. The largest absolute Gasteiger partial charge is 0.324 e. The van der Waals surface area contributed by atoms with Crippen LogP contribution in [-0.2, 0) is 4.79 Å². The standard InChI is InChI=1S/C24H23N3O2S/c1-14-5-8-18(9-6-14)26-22(28)17(4)27-13-25-23-21(24(27)29)20(12-30-23)19-10-7-15(2)11-16(19)3/h5-13,17H,1-4H3,(H,26,28). The first kappa shape index (κ1) is 20.0. The Balaban J connectivity index is 1.73. The highest BCUT2D eigenvalue weighted by Gasteiger charge is 2.21. The van der Waals surface area contributed by atoms with E-state index in [0.717, 1.165) is 22.3 Å². The maximum atomic E-state index is 13.4. The SMILES string of the molecule is Cc1ccc(NC(=O)C(C)n2cnc3scc(-c4ccc(C)cc4C)c3c2=O)cc1. The minimum Gasteiger partial charge on any atom is -0.324 e. The molecular formula is C24H23N3O2S. The van der Waals surface area contributed by atoms with Crippen molar-refractivity contribution in [1.29, 1.82) is 0 Å². The molecule has 0 aliphatic rings. The summed E-state index contributed by atoms with van der Waals surface area (Å²) >= 11 is 1.44. The van der Waals surface area contributed by atoms with Gasteiger partial charge in [-0.05, 0) is 51.0 Å². The van der Waals surface area contributed by atoms with Crippen LogP contribution in [0.1, 0.15) is 29.7 Å². The molecule has 1 atom stereocenters. The number of rotatable bonds is 4. The number of nitrogens with zero attached hydrogens (tertiary/aromatic N) is 2. The molecule has 0 spiro atoms. The number of carbonyl (C=O) groups excluding carboxylic acids is 1. The van der Waals surface area contributed by atoms with E-state index in [1.165, 1.54) is 27.8 Å². The number of amides is 1. The van der Waals surface area contributed by atoms with E-state index < -0.39 is 6.04 Å². The van der Waals surface area contributed by atoms with E-state index >= 15 is 0 Å². The molecule has 0 saturated carbocycles. The number of hydrogen-bond donors (Lipinski definition) is 1. The van der Waals surface area contributed by atoms with E-state index in [0.29, 0.717) is 15.9 Å². The molecule has 5 nitrogen and oxygen atoms in total. The van der Waals surface area contributed by atoms with Crippen LogP contribution >= 0.6 is 11.3 Å². The van der Waals surface area contributed by atoms with Crippen molar-refractivity contribution in [3.63, 3.8) is 0 Å². The van der Waals surface area contributed by atoms with E-state index in [1.54, 1.807) is 6.92 Å². The fraction of sp³-hybridized carbons (Fsp3) is 0.208. The molecule has 4 rings (SSSR count). The number of fused-ring (bicyclic) bond motifs is 1. The quantitative estimate of drug-likeness (QED) is 0.493. The predicted octanol–water partition coefficient (Wildman–Crippen LogP) is 5.25. The average molecular weight is 418 g/mol. The van der Waals surface area contributed by atoms with E-state index in [2.05, 4.69) is 16.4 Å². The number of nitrogens with one attached hydrogen (secondary N) is 1. The molecule has 152 valence electrons. The van der Waals surface area contributed by atoms with Crippen LogP contribution in [0.15, 0.2) is 59.0 Å². The first-order valence-corrected chi connectivity index (χ1v) is 10.7. The Morgan fingerprint density at radius 3 is 2.43 bits per heavy atom. The molecular weight excluding hydrogens is 394 g/mol. The molecule has 0 radical (unpaired) electrons. The van der Waals surface area contributed by atoms with Crippen LogP contribution in [0.5, 0.6) is 0 Å². The van der Waals surface area contributed by atoms with Gasteiger partial charge in [-0.3, -0.25) is 14.2 Å². The van der Waals surface area contributed by atoms with Gasteiger partial charge in [-0.1, -0.05) is 41.5 Å². The third-order valence-corrected chi connectivity index (χ3v) is 6.19. The summed E-state index contributed by atoms with van der Waals surface area (Å²) in [5.74, 6) is -0.259. The van der Waals surface area contributed by atoms with Gasteiger partial charge in [0, 0.05) is 16.6 Å². The van der Waals surface area contributed by atoms with Gasteiger partial charge in [-0.2, -0.15) is 0 Å². The molecule has 6 heteroatoms. The van der Waals surface area contributed by atoms with E-state index in [-0.39, 0.29) is 11.5 Å². The molecule has 1 N–H and O–H groups in total. The molecule has 2 heterocycles. The van der Waals surface area contributed by atoms with Crippen molar-refractivity contribution in [3.8, 4) is 11.1 Å². The number of thiophene rings is 1. The van der Waals surface area contributed by atoms with Gasteiger partial charge in [0.15, 0.2) is 0 Å². The molecule has 0 bridgehead atoms. The van der Waals surface area contributed by atoms with Crippen LogP contribution in [-0.4, -0.2) is 15.5 Å². The van der Waals surface area contributed by atoms with Gasteiger partial charge in [0.2, 0.25) is 5.91 Å². The fourth-order valence-electron chi connectivity index (χ4n) is 3.55. The molecule has 0 aliphatic carbocycles. The van der Waals surface area contributed by atoms with Gasteiger partial charge in [0.25, 0.3) is 5.56 Å². The second-order valence-corrected chi connectivity index (χ2v) is 8.49. The monoisotopic (exact) mass is 417 g/mol. The van der Waals surface area contributed by atoms with Gasteiger partial charge in [-0.25, -0.2) is 4.98 Å². The van der Waals surface area contributed by atoms with Crippen molar-refractivity contribution in [2.24, 2.45) is 0 Å². The van der Waals surface area contributed by atoms with Gasteiger partial charge in [0.05, 0.1) is 11.7 Å². The van der Waals surface area contributed by atoms with Crippen LogP contribution in [0.3, 0.4) is 0 Å². The Morgan fingerprint density at radius 1 is 1.03 bits per heavy atom. The van der Waals surface area contributed by atoms with Crippen LogP contribution in [0.25, 0.3) is 21.3 Å². The highest BCUT2D eigenvalue weighted by Crippen LogP contribution is 2.33. The predicted molar refractivity (Wildman–Crippen MR) is 123 cm³/mol. The Kier molecular flexibility index (Phi) is 5.26. The highest BCUT2D eigenvalue weighted by molar-refractivity contribution is 7.17. The number of aromatic nitrogens is 2. The molecule has 1 amide bonds. The van der Waals surface area contributed by atoms with Crippen molar-refractivity contribution in [2.75, 3.05) is 5.32 Å². The number of aryl methyl sites for hydroxylation is 3. The van der Waals surface area contributed by atoms with Crippen LogP contribution in [0, 0.1) is 20.8 Å². The highest BCUT2D eigenvalue weighted by atomic mass is 32.1. The van der Waals surface area contributed by atoms with Crippen LogP contribution < -0.4 is 10.9 Å². The first-order chi connectivity index (χ1) is 14.3. The average Bonchev–Trinajstić information content (AvgIpc) is 3.14. The molecule has 0 saturated heterocycles. The second kappa shape index (κ2) is 7.88. The summed E-state index contributed by atoms with van der Waals surface area (Å²) in [5.41, 5.74) is 5.77. The number of carbonyl (C=O) groups is 1. The molecule has 4 aromatic rings. The maximum absolute atomic E-state index is 13.4. The normalized spacial score (nSPS) is 12.1. The summed E-state index contributed by atoms with van der Waals surface area (Å²) in [6, 6.07) is 13.1. The van der Waals surface area contributed by atoms with E-state index in [1.807, 2.05) is 62.5 Å². The lowest BCUT2D eigenvalue weighted by Gasteiger charge is -2.15.